The lowest BCUT2D eigenvalue weighted by Gasteiger charge is -2.13. The lowest BCUT2D eigenvalue weighted by Crippen LogP contribution is -2.23. The molecule has 0 heterocycles. The summed E-state index contributed by atoms with van der Waals surface area (Å²) < 4.78 is 5.32. The third-order valence-corrected chi connectivity index (χ3v) is 1.78. The minimum Gasteiger partial charge on any atom is -0.468 e. The smallest absolute Gasteiger partial charge is 0.256 e. The summed E-state index contributed by atoms with van der Waals surface area (Å²) >= 11 is 4.85. The topological polar surface area (TPSA) is 21.3 Å². The van der Waals surface area contributed by atoms with Crippen molar-refractivity contribution in [2.45, 2.75) is 39.2 Å². The van der Waals surface area contributed by atoms with Gasteiger partial charge in [0.2, 0.25) is 0 Å². The fourth-order valence-electron chi connectivity index (χ4n) is 0.792. The molecular formula is C8H17NOS. The maximum atomic E-state index is 5.32. The second-order valence-electron chi connectivity index (χ2n) is 2.61. The van der Waals surface area contributed by atoms with Crippen LogP contribution in [0.4, 0.5) is 0 Å². The molecule has 11 heavy (non-hydrogen) atoms. The van der Waals surface area contributed by atoms with Gasteiger partial charge in [0.05, 0.1) is 6.10 Å². The number of hydrogen-bond donors (Lipinski definition) is 1. The van der Waals surface area contributed by atoms with Gasteiger partial charge in [0.25, 0.3) is 5.17 Å². The summed E-state index contributed by atoms with van der Waals surface area (Å²) in [6.45, 7) is 4.21. The summed E-state index contributed by atoms with van der Waals surface area (Å²) in [6, 6.07) is 0. The zero-order valence-electron chi connectivity index (χ0n) is 7.52. The fraction of sp³-hybridized carbons (Fsp3) is 0.875. The largest absolute Gasteiger partial charge is 0.468 e. The van der Waals surface area contributed by atoms with E-state index in [-0.39, 0.29) is 6.10 Å². The first-order valence-corrected chi connectivity index (χ1v) is 4.49. The quantitative estimate of drug-likeness (QED) is 0.661. The summed E-state index contributed by atoms with van der Waals surface area (Å²) in [6.07, 6.45) is 3.74. The first-order valence-electron chi connectivity index (χ1n) is 4.09. The normalized spacial score (nSPS) is 12.3. The van der Waals surface area contributed by atoms with Crippen LogP contribution in [0, 0.1) is 0 Å². The molecule has 1 N–H and O–H groups in total. The predicted molar refractivity (Wildman–Crippen MR) is 51.7 cm³/mol. The Morgan fingerprint density at radius 1 is 1.64 bits per heavy atom. The van der Waals surface area contributed by atoms with Gasteiger partial charge >= 0.3 is 0 Å². The van der Waals surface area contributed by atoms with Gasteiger partial charge in [0.1, 0.15) is 0 Å². The molecule has 1 atom stereocenters. The highest BCUT2D eigenvalue weighted by atomic mass is 32.1. The summed E-state index contributed by atoms with van der Waals surface area (Å²) in [4.78, 5) is 0. The van der Waals surface area contributed by atoms with Gasteiger partial charge in [0.15, 0.2) is 0 Å². The van der Waals surface area contributed by atoms with Crippen molar-refractivity contribution >= 4 is 17.4 Å². The second kappa shape index (κ2) is 6.40. The van der Waals surface area contributed by atoms with Crippen LogP contribution in [-0.4, -0.2) is 18.3 Å². The van der Waals surface area contributed by atoms with Crippen molar-refractivity contribution < 1.29 is 4.74 Å². The maximum Gasteiger partial charge on any atom is 0.256 e. The number of hydrogen-bond acceptors (Lipinski definition) is 2. The van der Waals surface area contributed by atoms with Crippen LogP contribution < -0.4 is 5.32 Å². The summed E-state index contributed by atoms with van der Waals surface area (Å²) in [5.74, 6) is 0. The molecule has 0 aromatic rings. The maximum absolute atomic E-state index is 5.32. The molecule has 0 spiro atoms. The fourth-order valence-corrected chi connectivity index (χ4v) is 0.956. The lowest BCUT2D eigenvalue weighted by atomic mass is 10.2. The molecule has 66 valence electrons. The number of nitrogens with one attached hydrogen (secondary N) is 1. The Bertz CT molecular complexity index is 117. The van der Waals surface area contributed by atoms with Crippen molar-refractivity contribution in [3.63, 3.8) is 0 Å². The Hall–Kier alpha value is -0.310. The van der Waals surface area contributed by atoms with E-state index in [1.54, 1.807) is 7.05 Å². The zero-order valence-corrected chi connectivity index (χ0v) is 8.33. The SMILES string of the molecule is CCCCC(C)OC(=S)NC. The lowest BCUT2D eigenvalue weighted by molar-refractivity contribution is 0.192. The molecule has 0 radical (unpaired) electrons. The highest BCUT2D eigenvalue weighted by Crippen LogP contribution is 2.03. The first-order chi connectivity index (χ1) is 5.20. The molecule has 3 heteroatoms. The van der Waals surface area contributed by atoms with E-state index in [1.807, 2.05) is 6.92 Å². The Labute approximate surface area is 74.3 Å². The van der Waals surface area contributed by atoms with Crippen molar-refractivity contribution in [2.75, 3.05) is 7.05 Å². The molecule has 0 amide bonds. The van der Waals surface area contributed by atoms with Gasteiger partial charge in [-0.25, -0.2) is 0 Å². The van der Waals surface area contributed by atoms with E-state index in [4.69, 9.17) is 17.0 Å². The van der Waals surface area contributed by atoms with Crippen LogP contribution in [0.25, 0.3) is 0 Å². The standard InChI is InChI=1S/C8H17NOS/c1-4-5-6-7(2)10-8(11)9-3/h7H,4-6H2,1-3H3,(H,9,11). The highest BCUT2D eigenvalue weighted by molar-refractivity contribution is 7.80. The van der Waals surface area contributed by atoms with Gasteiger partial charge in [-0.15, -0.1) is 0 Å². The molecule has 0 aromatic carbocycles. The van der Waals surface area contributed by atoms with E-state index < -0.39 is 0 Å². The van der Waals surface area contributed by atoms with Gasteiger partial charge in [-0.1, -0.05) is 19.8 Å². The first kappa shape index (κ1) is 10.7. The molecule has 0 rings (SSSR count). The van der Waals surface area contributed by atoms with E-state index >= 15 is 0 Å². The van der Waals surface area contributed by atoms with Gasteiger partial charge in [0, 0.05) is 7.05 Å². The number of unbranched alkanes of at least 4 members (excludes halogenated alkanes) is 1. The molecule has 0 saturated carbocycles. The zero-order chi connectivity index (χ0) is 8.69. The van der Waals surface area contributed by atoms with Gasteiger partial charge in [-0.3, -0.25) is 0 Å². The van der Waals surface area contributed by atoms with E-state index in [9.17, 15) is 0 Å². The Morgan fingerprint density at radius 3 is 2.73 bits per heavy atom. The predicted octanol–water partition coefficient (Wildman–Crippen LogP) is 2.09. The number of rotatable bonds is 4. The van der Waals surface area contributed by atoms with Crippen molar-refractivity contribution in [1.29, 1.82) is 0 Å². The van der Waals surface area contributed by atoms with Gasteiger partial charge < -0.3 is 10.1 Å². The van der Waals surface area contributed by atoms with Crippen molar-refractivity contribution in [3.05, 3.63) is 0 Å². The van der Waals surface area contributed by atoms with Crippen molar-refractivity contribution in [1.82, 2.24) is 5.32 Å². The van der Waals surface area contributed by atoms with E-state index in [1.165, 1.54) is 12.8 Å². The van der Waals surface area contributed by atoms with Crippen molar-refractivity contribution in [2.24, 2.45) is 0 Å². The molecule has 2 nitrogen and oxygen atoms in total. The average molecular weight is 175 g/mol. The average Bonchev–Trinajstić information content (AvgIpc) is 2.00. The van der Waals surface area contributed by atoms with Crippen LogP contribution in [0.1, 0.15) is 33.1 Å². The molecular weight excluding hydrogens is 158 g/mol. The molecule has 0 saturated heterocycles. The molecule has 0 fully saturated rings. The van der Waals surface area contributed by atoms with Gasteiger partial charge in [-0.2, -0.15) is 0 Å². The number of thiocarbonyl (C=S) groups is 1. The van der Waals surface area contributed by atoms with Gasteiger partial charge in [-0.05, 0) is 25.6 Å². The van der Waals surface area contributed by atoms with Crippen LogP contribution in [0.5, 0.6) is 0 Å². The van der Waals surface area contributed by atoms with E-state index in [0.717, 1.165) is 6.42 Å². The summed E-state index contributed by atoms with van der Waals surface area (Å²) in [7, 11) is 1.77. The minimum absolute atomic E-state index is 0.245. The molecule has 0 aliphatic rings. The van der Waals surface area contributed by atoms with E-state index in [2.05, 4.69) is 12.2 Å². The highest BCUT2D eigenvalue weighted by Gasteiger charge is 2.02. The van der Waals surface area contributed by atoms with Crippen LogP contribution in [0.15, 0.2) is 0 Å². The van der Waals surface area contributed by atoms with E-state index in [0.29, 0.717) is 5.17 Å². The minimum atomic E-state index is 0.245. The molecule has 0 aliphatic carbocycles. The molecule has 0 aliphatic heterocycles. The Morgan fingerprint density at radius 2 is 2.27 bits per heavy atom. The van der Waals surface area contributed by atoms with Crippen LogP contribution in [0.3, 0.4) is 0 Å². The second-order valence-corrected chi connectivity index (χ2v) is 2.98. The Kier molecular flexibility index (Phi) is 6.22. The molecule has 0 bridgehead atoms. The molecule has 1 unspecified atom stereocenters. The third kappa shape index (κ3) is 6.10. The van der Waals surface area contributed by atoms with Crippen LogP contribution in [-0.2, 0) is 4.74 Å². The van der Waals surface area contributed by atoms with Crippen LogP contribution >= 0.6 is 12.2 Å². The summed E-state index contributed by atoms with van der Waals surface area (Å²) in [5.41, 5.74) is 0. The molecule has 0 aromatic heterocycles. The number of ether oxygens (including phenoxy) is 1. The monoisotopic (exact) mass is 175 g/mol. The Balaban J connectivity index is 3.35. The van der Waals surface area contributed by atoms with Crippen molar-refractivity contribution in [3.8, 4) is 0 Å². The summed E-state index contributed by atoms with van der Waals surface area (Å²) in [5, 5.41) is 3.28. The van der Waals surface area contributed by atoms with Crippen LogP contribution in [0.2, 0.25) is 0 Å². The third-order valence-electron chi connectivity index (χ3n) is 1.48.